The highest BCUT2D eigenvalue weighted by molar-refractivity contribution is 6.41. The lowest BCUT2D eigenvalue weighted by Gasteiger charge is -2.47. The second-order valence-corrected chi connectivity index (χ2v) is 7.17. The molecule has 3 aliphatic heterocycles. The van der Waals surface area contributed by atoms with Crippen molar-refractivity contribution in [1.29, 1.82) is 0 Å². The molecule has 1 aromatic heterocycles. The van der Waals surface area contributed by atoms with Gasteiger partial charge in [0.15, 0.2) is 5.96 Å². The van der Waals surface area contributed by atoms with Crippen LogP contribution in [0.2, 0.25) is 10.2 Å². The van der Waals surface area contributed by atoms with Crippen LogP contribution >= 0.6 is 23.2 Å². The van der Waals surface area contributed by atoms with Gasteiger partial charge in [-0.1, -0.05) is 23.2 Å². The zero-order valence-corrected chi connectivity index (χ0v) is 15.9. The molecule has 3 aliphatic rings. The van der Waals surface area contributed by atoms with Crippen LogP contribution in [-0.2, 0) is 13.6 Å². The minimum Gasteiger partial charge on any atom is -0.357 e. The van der Waals surface area contributed by atoms with E-state index in [1.54, 1.807) is 0 Å². The highest BCUT2D eigenvalue weighted by Crippen LogP contribution is 2.25. The van der Waals surface area contributed by atoms with Gasteiger partial charge in [-0.05, 0) is 13.0 Å². The van der Waals surface area contributed by atoms with Gasteiger partial charge in [0, 0.05) is 64.6 Å². The molecule has 0 aliphatic carbocycles. The number of piperazine rings is 3. The number of aromatic nitrogens is 1. The van der Waals surface area contributed by atoms with Crippen LogP contribution in [0.5, 0.6) is 0 Å². The minimum absolute atomic E-state index is 0.540. The zero-order chi connectivity index (χ0) is 17.1. The summed E-state index contributed by atoms with van der Waals surface area (Å²) >= 11 is 12.2. The molecular formula is C16H26Cl2N6. The number of fused-ring (bicyclic) bond motifs is 3. The second-order valence-electron chi connectivity index (χ2n) is 6.40. The van der Waals surface area contributed by atoms with Crippen molar-refractivity contribution in [3.05, 3.63) is 21.9 Å². The molecule has 1 unspecified atom stereocenters. The lowest BCUT2D eigenvalue weighted by Crippen LogP contribution is -2.63. The summed E-state index contributed by atoms with van der Waals surface area (Å²) in [7, 11) is 1.90. The average molecular weight is 373 g/mol. The summed E-state index contributed by atoms with van der Waals surface area (Å²) in [5.74, 6) is 0.837. The van der Waals surface area contributed by atoms with E-state index in [0.717, 1.165) is 31.3 Å². The molecule has 134 valence electrons. The third kappa shape index (κ3) is 3.99. The molecule has 24 heavy (non-hydrogen) atoms. The molecule has 2 N–H and O–H groups in total. The van der Waals surface area contributed by atoms with Gasteiger partial charge in [0.25, 0.3) is 0 Å². The molecule has 3 saturated heterocycles. The highest BCUT2D eigenvalue weighted by atomic mass is 35.5. The Balaban J connectivity index is 1.58. The van der Waals surface area contributed by atoms with E-state index in [0.29, 0.717) is 22.8 Å². The van der Waals surface area contributed by atoms with Gasteiger partial charge < -0.3 is 15.2 Å². The molecule has 0 amide bonds. The first-order chi connectivity index (χ1) is 11.6. The average Bonchev–Trinajstić information content (AvgIpc) is 2.85. The van der Waals surface area contributed by atoms with Crippen molar-refractivity contribution < 1.29 is 0 Å². The number of rotatable bonds is 5. The summed E-state index contributed by atoms with van der Waals surface area (Å²) in [5, 5.41) is 7.92. The van der Waals surface area contributed by atoms with Crippen molar-refractivity contribution >= 4 is 29.2 Å². The molecule has 1 atom stereocenters. The van der Waals surface area contributed by atoms with Crippen molar-refractivity contribution in [2.45, 2.75) is 19.5 Å². The molecular weight excluding hydrogens is 347 g/mol. The van der Waals surface area contributed by atoms with Crippen LogP contribution in [0.1, 0.15) is 12.6 Å². The molecule has 4 heterocycles. The van der Waals surface area contributed by atoms with Gasteiger partial charge >= 0.3 is 0 Å². The zero-order valence-electron chi connectivity index (χ0n) is 14.4. The van der Waals surface area contributed by atoms with Gasteiger partial charge in [0.1, 0.15) is 5.15 Å². The summed E-state index contributed by atoms with van der Waals surface area (Å²) in [5.41, 5.74) is 0.994. The van der Waals surface area contributed by atoms with Gasteiger partial charge in [-0.25, -0.2) is 4.99 Å². The largest absolute Gasteiger partial charge is 0.357 e. The smallest absolute Gasteiger partial charge is 0.191 e. The number of nitrogens with one attached hydrogen (secondary N) is 2. The lowest BCUT2D eigenvalue weighted by atomic mass is 10.1. The first-order valence-corrected chi connectivity index (χ1v) is 9.32. The van der Waals surface area contributed by atoms with Crippen LogP contribution in [-0.4, -0.2) is 72.2 Å². The third-order valence-corrected chi connectivity index (χ3v) is 5.70. The molecule has 4 rings (SSSR count). The van der Waals surface area contributed by atoms with Crippen molar-refractivity contribution in [1.82, 2.24) is 25.0 Å². The van der Waals surface area contributed by atoms with E-state index in [9.17, 15) is 0 Å². The molecule has 0 radical (unpaired) electrons. The fourth-order valence-electron chi connectivity index (χ4n) is 3.38. The Morgan fingerprint density at radius 2 is 2.00 bits per heavy atom. The van der Waals surface area contributed by atoms with Crippen molar-refractivity contribution in [3.8, 4) is 0 Å². The van der Waals surface area contributed by atoms with E-state index in [4.69, 9.17) is 23.2 Å². The maximum absolute atomic E-state index is 6.11. The van der Waals surface area contributed by atoms with Crippen LogP contribution in [0.15, 0.2) is 11.1 Å². The molecule has 0 aromatic carbocycles. The Bertz CT molecular complexity index is 592. The van der Waals surface area contributed by atoms with Gasteiger partial charge in [-0.3, -0.25) is 9.80 Å². The number of nitrogens with zero attached hydrogens (tertiary/aromatic N) is 4. The lowest BCUT2D eigenvalue weighted by molar-refractivity contribution is 0.0154. The molecule has 3 fully saturated rings. The second kappa shape index (κ2) is 7.95. The van der Waals surface area contributed by atoms with E-state index >= 15 is 0 Å². The quantitative estimate of drug-likeness (QED) is 0.605. The summed E-state index contributed by atoms with van der Waals surface area (Å²) < 4.78 is 1.87. The summed E-state index contributed by atoms with van der Waals surface area (Å²) in [4.78, 5) is 9.79. The molecule has 8 heteroatoms. The molecule has 0 saturated carbocycles. The van der Waals surface area contributed by atoms with Crippen molar-refractivity contribution in [2.75, 3.05) is 45.8 Å². The maximum atomic E-state index is 6.11. The van der Waals surface area contributed by atoms with Gasteiger partial charge in [-0.15, -0.1) is 0 Å². The number of aliphatic imine (C=N–C) groups is 1. The third-order valence-electron chi connectivity index (χ3n) is 4.86. The Labute approximate surface area is 153 Å². The standard InChI is InChI=1S/C16H26Cl2N6/c1-3-19-16(20-9-12-8-14(17)15(18)22(12)2)21-10-13-11-23-4-6-24(13)7-5-23/h8,13H,3-7,9-11H2,1-2H3,(H2,19,20,21). The van der Waals surface area contributed by atoms with E-state index in [1.165, 1.54) is 26.2 Å². The summed E-state index contributed by atoms with van der Waals surface area (Å²) in [6, 6.07) is 2.44. The molecule has 0 spiro atoms. The summed E-state index contributed by atoms with van der Waals surface area (Å²) in [6.07, 6.45) is 0. The minimum atomic E-state index is 0.540. The van der Waals surface area contributed by atoms with Crippen LogP contribution < -0.4 is 10.6 Å². The molecule has 1 aromatic rings. The number of halogens is 2. The first-order valence-electron chi connectivity index (χ1n) is 8.56. The normalized spacial score (nSPS) is 26.7. The monoisotopic (exact) mass is 372 g/mol. The predicted molar refractivity (Wildman–Crippen MR) is 100 cm³/mol. The molecule has 6 nitrogen and oxygen atoms in total. The topological polar surface area (TPSA) is 47.8 Å². The van der Waals surface area contributed by atoms with Crippen molar-refractivity contribution in [3.63, 3.8) is 0 Å². The van der Waals surface area contributed by atoms with Crippen LogP contribution in [0, 0.1) is 0 Å². The Kier molecular flexibility index (Phi) is 5.92. The number of hydrogen-bond acceptors (Lipinski definition) is 3. The van der Waals surface area contributed by atoms with Gasteiger partial charge in [-0.2, -0.15) is 0 Å². The predicted octanol–water partition coefficient (Wildman–Crippen LogP) is 1.39. The first kappa shape index (κ1) is 17.9. The number of hydrogen-bond donors (Lipinski definition) is 2. The van der Waals surface area contributed by atoms with Crippen LogP contribution in [0.25, 0.3) is 0 Å². The fourth-order valence-corrected chi connectivity index (χ4v) is 3.79. The van der Waals surface area contributed by atoms with Crippen molar-refractivity contribution in [2.24, 2.45) is 12.0 Å². The SMILES string of the molecule is CCNC(=NCc1cc(Cl)c(Cl)n1C)NCC1CN2CCN1CC2. The van der Waals surface area contributed by atoms with Gasteiger partial charge in [0.2, 0.25) is 0 Å². The van der Waals surface area contributed by atoms with Crippen LogP contribution in [0.3, 0.4) is 0 Å². The Hall–Kier alpha value is -0.950. The fraction of sp³-hybridized carbons (Fsp3) is 0.688. The summed E-state index contributed by atoms with van der Waals surface area (Å²) in [6.45, 7) is 10.3. The van der Waals surface area contributed by atoms with E-state index in [2.05, 4.69) is 32.3 Å². The highest BCUT2D eigenvalue weighted by Gasteiger charge is 2.31. The van der Waals surface area contributed by atoms with Crippen LogP contribution in [0.4, 0.5) is 0 Å². The van der Waals surface area contributed by atoms with E-state index in [-0.39, 0.29) is 0 Å². The Morgan fingerprint density at radius 3 is 2.54 bits per heavy atom. The van der Waals surface area contributed by atoms with E-state index < -0.39 is 0 Å². The van der Waals surface area contributed by atoms with Gasteiger partial charge in [0.05, 0.1) is 11.6 Å². The van der Waals surface area contributed by atoms with E-state index in [1.807, 2.05) is 17.7 Å². The molecule has 2 bridgehead atoms. The maximum Gasteiger partial charge on any atom is 0.191 e. The number of guanidine groups is 1. The Morgan fingerprint density at radius 1 is 1.25 bits per heavy atom.